The van der Waals surface area contributed by atoms with Crippen LogP contribution in [-0.4, -0.2) is 23.1 Å². The molecular formula is C20H24N4. The highest BCUT2D eigenvalue weighted by Gasteiger charge is 2.13. The maximum Gasteiger partial charge on any atom is 0.229 e. The normalized spacial score (nSPS) is 10.8. The molecule has 0 unspecified atom stereocenters. The van der Waals surface area contributed by atoms with Crippen molar-refractivity contribution in [2.45, 2.75) is 27.7 Å². The van der Waals surface area contributed by atoms with Crippen molar-refractivity contribution < 1.29 is 0 Å². The zero-order chi connectivity index (χ0) is 17.1. The van der Waals surface area contributed by atoms with Gasteiger partial charge < -0.3 is 10.2 Å². The minimum Gasteiger partial charge on any atom is -0.356 e. The zero-order valence-electron chi connectivity index (χ0n) is 14.8. The van der Waals surface area contributed by atoms with Crippen LogP contribution >= 0.6 is 0 Å². The standard InChI is InChI=1S/C20H24N4/c1-5-24(6-2)19-16-11-7-8-12-18(16)22-20(23-19)21-17-13-9-10-14(3)15(17)4/h7-13H,5-6H2,1-4H3,(H,21,22,23). The Hall–Kier alpha value is -2.62. The molecule has 0 fully saturated rings. The molecule has 0 saturated heterocycles. The highest BCUT2D eigenvalue weighted by atomic mass is 15.2. The van der Waals surface area contributed by atoms with Crippen LogP contribution in [0.5, 0.6) is 0 Å². The molecule has 0 radical (unpaired) electrons. The highest BCUT2D eigenvalue weighted by Crippen LogP contribution is 2.27. The van der Waals surface area contributed by atoms with Crippen molar-refractivity contribution in [3.05, 3.63) is 53.6 Å². The van der Waals surface area contributed by atoms with E-state index in [1.165, 1.54) is 11.1 Å². The van der Waals surface area contributed by atoms with Crippen molar-refractivity contribution >= 4 is 28.4 Å². The summed E-state index contributed by atoms with van der Waals surface area (Å²) in [5, 5.41) is 4.49. The van der Waals surface area contributed by atoms with E-state index in [9.17, 15) is 0 Å². The number of aryl methyl sites for hydroxylation is 1. The van der Waals surface area contributed by atoms with E-state index < -0.39 is 0 Å². The van der Waals surface area contributed by atoms with E-state index in [2.05, 4.69) is 62.2 Å². The number of aromatic nitrogens is 2. The summed E-state index contributed by atoms with van der Waals surface area (Å²) in [6, 6.07) is 14.4. The number of nitrogens with zero attached hydrogens (tertiary/aromatic N) is 3. The summed E-state index contributed by atoms with van der Waals surface area (Å²) in [4.78, 5) is 11.8. The lowest BCUT2D eigenvalue weighted by Gasteiger charge is -2.22. The van der Waals surface area contributed by atoms with Gasteiger partial charge in [0.1, 0.15) is 5.82 Å². The van der Waals surface area contributed by atoms with Crippen molar-refractivity contribution in [2.24, 2.45) is 0 Å². The molecule has 0 spiro atoms. The summed E-state index contributed by atoms with van der Waals surface area (Å²) in [5.41, 5.74) is 4.49. The van der Waals surface area contributed by atoms with Gasteiger partial charge in [-0.3, -0.25) is 0 Å². The Kier molecular flexibility index (Phi) is 4.65. The molecule has 0 aliphatic carbocycles. The second-order valence-electron chi connectivity index (χ2n) is 5.93. The fourth-order valence-corrected chi connectivity index (χ4v) is 2.89. The van der Waals surface area contributed by atoms with Gasteiger partial charge >= 0.3 is 0 Å². The molecule has 2 aromatic carbocycles. The maximum absolute atomic E-state index is 4.81. The van der Waals surface area contributed by atoms with Gasteiger partial charge in [0.25, 0.3) is 0 Å². The summed E-state index contributed by atoms with van der Waals surface area (Å²) in [6.45, 7) is 10.4. The first kappa shape index (κ1) is 16.2. The Bertz CT molecular complexity index is 853. The number of anilines is 3. The van der Waals surface area contributed by atoms with Gasteiger partial charge in [0.2, 0.25) is 5.95 Å². The number of hydrogen-bond acceptors (Lipinski definition) is 4. The molecule has 0 aliphatic heterocycles. The number of nitrogens with one attached hydrogen (secondary N) is 1. The third-order valence-electron chi connectivity index (χ3n) is 4.50. The van der Waals surface area contributed by atoms with Crippen LogP contribution in [-0.2, 0) is 0 Å². The van der Waals surface area contributed by atoms with E-state index in [1.807, 2.05) is 18.2 Å². The highest BCUT2D eigenvalue weighted by molar-refractivity contribution is 5.90. The molecule has 3 aromatic rings. The number of para-hydroxylation sites is 1. The Labute approximate surface area is 143 Å². The molecule has 0 aliphatic rings. The Morgan fingerprint density at radius 3 is 2.42 bits per heavy atom. The van der Waals surface area contributed by atoms with Crippen LogP contribution in [0.3, 0.4) is 0 Å². The monoisotopic (exact) mass is 320 g/mol. The predicted octanol–water partition coefficient (Wildman–Crippen LogP) is 4.84. The molecule has 1 heterocycles. The molecule has 1 N–H and O–H groups in total. The van der Waals surface area contributed by atoms with Crippen LogP contribution < -0.4 is 10.2 Å². The van der Waals surface area contributed by atoms with Crippen LogP contribution in [0.1, 0.15) is 25.0 Å². The van der Waals surface area contributed by atoms with Crippen molar-refractivity contribution in [3.8, 4) is 0 Å². The molecule has 0 atom stereocenters. The molecule has 0 saturated carbocycles. The summed E-state index contributed by atoms with van der Waals surface area (Å²) < 4.78 is 0. The lowest BCUT2D eigenvalue weighted by molar-refractivity contribution is 0.850. The fourth-order valence-electron chi connectivity index (χ4n) is 2.89. The summed E-state index contributed by atoms with van der Waals surface area (Å²) in [6.07, 6.45) is 0. The lowest BCUT2D eigenvalue weighted by atomic mass is 10.1. The smallest absolute Gasteiger partial charge is 0.229 e. The van der Waals surface area contributed by atoms with E-state index in [1.54, 1.807) is 0 Å². The number of benzene rings is 2. The lowest BCUT2D eigenvalue weighted by Crippen LogP contribution is -2.23. The third kappa shape index (κ3) is 3.04. The first-order valence-electron chi connectivity index (χ1n) is 8.49. The van der Waals surface area contributed by atoms with E-state index in [0.29, 0.717) is 5.95 Å². The van der Waals surface area contributed by atoms with Gasteiger partial charge in [-0.2, -0.15) is 4.98 Å². The largest absolute Gasteiger partial charge is 0.356 e. The summed E-state index contributed by atoms with van der Waals surface area (Å²) >= 11 is 0. The van der Waals surface area contributed by atoms with E-state index in [-0.39, 0.29) is 0 Å². The average Bonchev–Trinajstić information content (AvgIpc) is 2.60. The third-order valence-corrected chi connectivity index (χ3v) is 4.50. The van der Waals surface area contributed by atoms with Gasteiger partial charge in [0.15, 0.2) is 0 Å². The van der Waals surface area contributed by atoms with Gasteiger partial charge in [0.05, 0.1) is 5.52 Å². The van der Waals surface area contributed by atoms with Crippen LogP contribution in [0, 0.1) is 13.8 Å². The molecule has 0 bridgehead atoms. The van der Waals surface area contributed by atoms with E-state index in [0.717, 1.165) is 35.5 Å². The summed E-state index contributed by atoms with van der Waals surface area (Å²) in [7, 11) is 0. The molecule has 0 amide bonds. The van der Waals surface area contributed by atoms with E-state index >= 15 is 0 Å². The van der Waals surface area contributed by atoms with Gasteiger partial charge in [-0.1, -0.05) is 24.3 Å². The molecule has 1 aromatic heterocycles. The van der Waals surface area contributed by atoms with Crippen molar-refractivity contribution in [1.29, 1.82) is 0 Å². The van der Waals surface area contributed by atoms with Gasteiger partial charge in [-0.25, -0.2) is 4.98 Å². The molecule has 3 rings (SSSR count). The first-order chi connectivity index (χ1) is 11.6. The van der Waals surface area contributed by atoms with Crippen molar-refractivity contribution in [2.75, 3.05) is 23.3 Å². The second-order valence-corrected chi connectivity index (χ2v) is 5.93. The fraction of sp³-hybridized carbons (Fsp3) is 0.300. The van der Waals surface area contributed by atoms with Crippen LogP contribution in [0.4, 0.5) is 17.5 Å². The van der Waals surface area contributed by atoms with E-state index in [4.69, 9.17) is 9.97 Å². The number of rotatable bonds is 5. The molecule has 24 heavy (non-hydrogen) atoms. The number of fused-ring (bicyclic) bond motifs is 1. The quantitative estimate of drug-likeness (QED) is 0.730. The second kappa shape index (κ2) is 6.87. The molecule has 4 heteroatoms. The van der Waals surface area contributed by atoms with Crippen LogP contribution in [0.25, 0.3) is 10.9 Å². The van der Waals surface area contributed by atoms with Crippen molar-refractivity contribution in [3.63, 3.8) is 0 Å². The molecule has 124 valence electrons. The maximum atomic E-state index is 4.81. The molecule has 4 nitrogen and oxygen atoms in total. The topological polar surface area (TPSA) is 41.1 Å². The minimum absolute atomic E-state index is 0.643. The average molecular weight is 320 g/mol. The predicted molar refractivity (Wildman–Crippen MR) is 102 cm³/mol. The number of hydrogen-bond donors (Lipinski definition) is 1. The molecular weight excluding hydrogens is 296 g/mol. The van der Waals surface area contributed by atoms with Gasteiger partial charge in [-0.05, 0) is 57.0 Å². The SMILES string of the molecule is CCN(CC)c1nc(Nc2cccc(C)c2C)nc2ccccc12. The van der Waals surface area contributed by atoms with Crippen LogP contribution in [0.15, 0.2) is 42.5 Å². The Morgan fingerprint density at radius 2 is 1.67 bits per heavy atom. The summed E-state index contributed by atoms with van der Waals surface area (Å²) in [5.74, 6) is 1.63. The van der Waals surface area contributed by atoms with Gasteiger partial charge in [-0.15, -0.1) is 0 Å². The zero-order valence-corrected chi connectivity index (χ0v) is 14.8. The Morgan fingerprint density at radius 1 is 0.917 bits per heavy atom. The first-order valence-corrected chi connectivity index (χ1v) is 8.49. The van der Waals surface area contributed by atoms with Crippen LogP contribution in [0.2, 0.25) is 0 Å². The Balaban J connectivity index is 2.10. The van der Waals surface area contributed by atoms with Gasteiger partial charge in [0, 0.05) is 24.2 Å². The van der Waals surface area contributed by atoms with Crippen molar-refractivity contribution in [1.82, 2.24) is 9.97 Å². The minimum atomic E-state index is 0.643.